The fourth-order valence-corrected chi connectivity index (χ4v) is 8.25. The van der Waals surface area contributed by atoms with Crippen molar-refractivity contribution >= 4 is 60.5 Å². The fraction of sp³-hybridized carbons (Fsp3) is 0.137. The summed E-state index contributed by atoms with van der Waals surface area (Å²) in [7, 11) is 0. The van der Waals surface area contributed by atoms with Crippen molar-refractivity contribution in [3.05, 3.63) is 163 Å². The van der Waals surface area contributed by atoms with Crippen molar-refractivity contribution in [1.82, 2.24) is 0 Å². The van der Waals surface area contributed by atoms with Crippen molar-refractivity contribution in [3.8, 4) is 33.4 Å². The van der Waals surface area contributed by atoms with Crippen molar-refractivity contribution < 1.29 is 4.42 Å². The van der Waals surface area contributed by atoms with Gasteiger partial charge in [0, 0.05) is 22.1 Å². The highest BCUT2D eigenvalue weighted by Crippen LogP contribution is 2.51. The number of benzene rings is 8. The van der Waals surface area contributed by atoms with Crippen LogP contribution >= 0.6 is 0 Å². The molecule has 10 rings (SSSR count). The van der Waals surface area contributed by atoms with Gasteiger partial charge in [-0.15, -0.1) is 0 Å². The molecule has 0 aliphatic heterocycles. The molecular formula is C51H41NO. The molecule has 0 spiro atoms. The van der Waals surface area contributed by atoms with Crippen molar-refractivity contribution in [3.63, 3.8) is 0 Å². The van der Waals surface area contributed by atoms with Crippen LogP contribution in [0.4, 0.5) is 17.1 Å². The van der Waals surface area contributed by atoms with Crippen LogP contribution in [0, 0.1) is 0 Å². The van der Waals surface area contributed by atoms with Crippen LogP contribution in [0.1, 0.15) is 51.7 Å². The second kappa shape index (κ2) is 11.7. The summed E-state index contributed by atoms with van der Waals surface area (Å²) in [6.45, 7) is 11.3. The van der Waals surface area contributed by atoms with Gasteiger partial charge in [-0.1, -0.05) is 120 Å². The number of hydrogen-bond acceptors (Lipinski definition) is 2. The predicted octanol–water partition coefficient (Wildman–Crippen LogP) is 15.1. The van der Waals surface area contributed by atoms with E-state index in [4.69, 9.17) is 4.42 Å². The van der Waals surface area contributed by atoms with Gasteiger partial charge < -0.3 is 9.32 Å². The maximum atomic E-state index is 6.60. The van der Waals surface area contributed by atoms with Gasteiger partial charge in [0.05, 0.1) is 5.69 Å². The Morgan fingerprint density at radius 3 is 1.81 bits per heavy atom. The van der Waals surface area contributed by atoms with Gasteiger partial charge in [-0.05, 0) is 144 Å². The van der Waals surface area contributed by atoms with Crippen LogP contribution in [0.25, 0.3) is 76.9 Å². The van der Waals surface area contributed by atoms with Gasteiger partial charge in [0.2, 0.25) is 0 Å². The summed E-state index contributed by atoms with van der Waals surface area (Å²) in [5.74, 6) is 0.414. The van der Waals surface area contributed by atoms with E-state index in [-0.39, 0.29) is 5.41 Å². The van der Waals surface area contributed by atoms with Crippen molar-refractivity contribution in [2.45, 2.75) is 46.0 Å². The minimum atomic E-state index is 0.145. The second-order valence-electron chi connectivity index (χ2n) is 16.1. The molecule has 2 heteroatoms. The Balaban J connectivity index is 1.07. The average molecular weight is 684 g/mol. The molecule has 0 amide bonds. The first-order valence-electron chi connectivity index (χ1n) is 18.8. The Labute approximate surface area is 310 Å². The average Bonchev–Trinajstić information content (AvgIpc) is 3.56. The summed E-state index contributed by atoms with van der Waals surface area (Å²) < 4.78 is 6.60. The third-order valence-corrected chi connectivity index (χ3v) is 11.3. The summed E-state index contributed by atoms with van der Waals surface area (Å²) in [5.41, 5.74) is 15.7. The maximum absolute atomic E-state index is 6.60. The van der Waals surface area contributed by atoms with E-state index in [1.807, 2.05) is 6.07 Å². The molecule has 0 atom stereocenters. The Bertz CT molecular complexity index is 2900. The van der Waals surface area contributed by atoms with E-state index in [2.05, 4.69) is 185 Å². The first-order chi connectivity index (χ1) is 25.7. The molecule has 1 heterocycles. The normalized spacial score (nSPS) is 12.4. The standard InChI is InChI=1S/C51H41NO/c1-31(2)33-10-8-11-40(25-33)52(48-14-9-13-43-42-12-6-7-15-49(42)53-50(43)48)41-23-20-36-28-45-46-29-37-24-34(32-18-21-39(22-19-32)51(3,4)5)16-17-35(37)27-44(46)47(45)30-38(36)26-41/h6-31H,1-5H3. The van der Waals surface area contributed by atoms with Gasteiger partial charge in [0.15, 0.2) is 5.58 Å². The first kappa shape index (κ1) is 31.6. The summed E-state index contributed by atoms with van der Waals surface area (Å²) in [4.78, 5) is 2.37. The first-order valence-corrected chi connectivity index (χ1v) is 18.8. The number of para-hydroxylation sites is 2. The van der Waals surface area contributed by atoms with E-state index in [0.29, 0.717) is 5.92 Å². The highest BCUT2D eigenvalue weighted by atomic mass is 16.3. The zero-order valence-corrected chi connectivity index (χ0v) is 30.9. The van der Waals surface area contributed by atoms with E-state index in [1.54, 1.807) is 0 Å². The minimum Gasteiger partial charge on any atom is -0.454 e. The molecule has 0 saturated carbocycles. The number of anilines is 3. The smallest absolute Gasteiger partial charge is 0.159 e. The third kappa shape index (κ3) is 5.16. The number of nitrogens with zero attached hydrogens (tertiary/aromatic N) is 1. The van der Waals surface area contributed by atoms with Gasteiger partial charge in [0.1, 0.15) is 5.58 Å². The molecule has 0 bridgehead atoms. The molecule has 0 N–H and O–H groups in total. The lowest BCUT2D eigenvalue weighted by molar-refractivity contribution is 0.590. The van der Waals surface area contributed by atoms with Crippen LogP contribution in [0.2, 0.25) is 0 Å². The van der Waals surface area contributed by atoms with E-state index in [0.717, 1.165) is 39.0 Å². The van der Waals surface area contributed by atoms with Gasteiger partial charge in [-0.3, -0.25) is 0 Å². The van der Waals surface area contributed by atoms with Crippen LogP contribution in [0.15, 0.2) is 156 Å². The lowest BCUT2D eigenvalue weighted by Crippen LogP contribution is -2.11. The number of furan rings is 1. The van der Waals surface area contributed by atoms with E-state index >= 15 is 0 Å². The summed E-state index contributed by atoms with van der Waals surface area (Å²) in [6, 6.07) is 56.1. The molecule has 9 aromatic rings. The van der Waals surface area contributed by atoms with Crippen LogP contribution in [-0.4, -0.2) is 0 Å². The zero-order valence-electron chi connectivity index (χ0n) is 30.9. The highest BCUT2D eigenvalue weighted by molar-refractivity contribution is 6.13. The van der Waals surface area contributed by atoms with Crippen molar-refractivity contribution in [2.75, 3.05) is 4.90 Å². The SMILES string of the molecule is CC(C)c1cccc(N(c2ccc3cc4c(cc3c2)-c2cc3ccc(-c5ccc(C(C)(C)C)cc5)cc3cc2-4)c2cccc3c2oc2ccccc23)c1. The number of rotatable bonds is 5. The molecule has 1 aliphatic rings. The largest absolute Gasteiger partial charge is 0.454 e. The minimum absolute atomic E-state index is 0.145. The Kier molecular flexibility index (Phi) is 6.98. The Morgan fingerprint density at radius 1 is 0.491 bits per heavy atom. The van der Waals surface area contributed by atoms with Crippen molar-refractivity contribution in [1.29, 1.82) is 0 Å². The predicted molar refractivity (Wildman–Crippen MR) is 226 cm³/mol. The van der Waals surface area contributed by atoms with E-state index < -0.39 is 0 Å². The summed E-state index contributed by atoms with van der Waals surface area (Å²) in [5, 5.41) is 7.27. The van der Waals surface area contributed by atoms with E-state index in [1.165, 1.54) is 66.1 Å². The molecule has 2 nitrogen and oxygen atoms in total. The maximum Gasteiger partial charge on any atom is 0.159 e. The lowest BCUT2D eigenvalue weighted by atomic mass is 9.77. The second-order valence-corrected chi connectivity index (χ2v) is 16.1. The van der Waals surface area contributed by atoms with Crippen molar-refractivity contribution in [2.24, 2.45) is 0 Å². The molecule has 1 aromatic heterocycles. The molecule has 0 saturated heterocycles. The van der Waals surface area contributed by atoms with Gasteiger partial charge in [0.25, 0.3) is 0 Å². The van der Waals surface area contributed by atoms with Gasteiger partial charge in [-0.2, -0.15) is 0 Å². The molecule has 256 valence electrons. The Hall–Kier alpha value is -6.12. The fourth-order valence-electron chi connectivity index (χ4n) is 8.25. The highest BCUT2D eigenvalue weighted by Gasteiger charge is 2.25. The van der Waals surface area contributed by atoms with Crippen LogP contribution < -0.4 is 4.90 Å². The third-order valence-electron chi connectivity index (χ3n) is 11.3. The topological polar surface area (TPSA) is 16.4 Å². The number of hydrogen-bond donors (Lipinski definition) is 0. The molecule has 0 radical (unpaired) electrons. The molecule has 53 heavy (non-hydrogen) atoms. The zero-order chi connectivity index (χ0) is 36.0. The number of fused-ring (bicyclic) bond motifs is 9. The van der Waals surface area contributed by atoms with Gasteiger partial charge >= 0.3 is 0 Å². The van der Waals surface area contributed by atoms with Gasteiger partial charge in [-0.25, -0.2) is 0 Å². The Morgan fingerprint density at radius 2 is 1.09 bits per heavy atom. The summed E-state index contributed by atoms with van der Waals surface area (Å²) in [6.07, 6.45) is 0. The molecule has 0 fully saturated rings. The van der Waals surface area contributed by atoms with Crippen LogP contribution in [0.3, 0.4) is 0 Å². The molecule has 8 aromatic carbocycles. The molecular weight excluding hydrogens is 643 g/mol. The lowest BCUT2D eigenvalue weighted by Gasteiger charge is -2.28. The van der Waals surface area contributed by atoms with E-state index in [9.17, 15) is 0 Å². The summed E-state index contributed by atoms with van der Waals surface area (Å²) >= 11 is 0. The molecule has 1 aliphatic carbocycles. The van der Waals surface area contributed by atoms with Crippen LogP contribution in [0.5, 0.6) is 0 Å². The van der Waals surface area contributed by atoms with Crippen LogP contribution in [-0.2, 0) is 5.41 Å². The quantitative estimate of drug-likeness (QED) is 0.180. The molecule has 0 unspecified atom stereocenters. The monoisotopic (exact) mass is 683 g/mol.